The van der Waals surface area contributed by atoms with E-state index in [4.69, 9.17) is 0 Å². The number of hydrogen-bond acceptors (Lipinski definition) is 5. The Morgan fingerprint density at radius 3 is 2.57 bits per heavy atom. The molecule has 8 nitrogen and oxygen atoms in total. The predicted molar refractivity (Wildman–Crippen MR) is 143 cm³/mol. The first-order chi connectivity index (χ1) is 17.9. The Balaban J connectivity index is 1.38. The molecule has 8 heteroatoms. The number of anilines is 2. The van der Waals surface area contributed by atoms with Gasteiger partial charge in [0, 0.05) is 49.3 Å². The third kappa shape index (κ3) is 6.33. The molecule has 1 aromatic heterocycles. The number of carboxylic acids is 1. The van der Waals surface area contributed by atoms with E-state index >= 15 is 0 Å². The van der Waals surface area contributed by atoms with Gasteiger partial charge in [0.15, 0.2) is 0 Å². The lowest BCUT2D eigenvalue weighted by molar-refractivity contribution is -0.139. The molecule has 3 N–H and O–H groups in total. The molecule has 0 aliphatic carbocycles. The molecule has 2 amide bonds. The van der Waals surface area contributed by atoms with Gasteiger partial charge in [-0.1, -0.05) is 43.3 Å². The largest absolute Gasteiger partial charge is 0.480 e. The number of carbonyl (C=O) groups is 3. The number of aromatic nitrogens is 1. The summed E-state index contributed by atoms with van der Waals surface area (Å²) in [6.07, 6.45) is 2.99. The average Bonchev–Trinajstić information content (AvgIpc) is 3.28. The van der Waals surface area contributed by atoms with Crippen LogP contribution >= 0.6 is 0 Å². The first kappa shape index (κ1) is 25.9. The number of rotatable bonds is 10. The van der Waals surface area contributed by atoms with E-state index in [9.17, 15) is 19.5 Å². The minimum Gasteiger partial charge on any atom is -0.480 e. The van der Waals surface area contributed by atoms with Crippen molar-refractivity contribution in [3.8, 4) is 0 Å². The SMILES string of the molecule is CCc1cccc(C)c1C(=O)NC(Cc1ccc(N2CC(CNc3ccccn3)CC2=O)cc1)C(=O)O. The smallest absolute Gasteiger partial charge is 0.326 e. The highest BCUT2D eigenvalue weighted by atomic mass is 16.4. The van der Waals surface area contributed by atoms with E-state index in [1.165, 1.54) is 0 Å². The molecule has 4 rings (SSSR count). The Morgan fingerprint density at radius 2 is 1.89 bits per heavy atom. The first-order valence-electron chi connectivity index (χ1n) is 12.5. The van der Waals surface area contributed by atoms with Crippen LogP contribution in [-0.4, -0.2) is 47.0 Å². The maximum Gasteiger partial charge on any atom is 0.326 e. The molecule has 3 aromatic rings. The molecule has 2 atom stereocenters. The summed E-state index contributed by atoms with van der Waals surface area (Å²) in [5.74, 6) is -0.475. The minimum atomic E-state index is -1.10. The van der Waals surface area contributed by atoms with Gasteiger partial charge in [-0.25, -0.2) is 9.78 Å². The Kier molecular flexibility index (Phi) is 8.18. The third-order valence-electron chi connectivity index (χ3n) is 6.70. The van der Waals surface area contributed by atoms with Gasteiger partial charge in [-0.3, -0.25) is 9.59 Å². The van der Waals surface area contributed by atoms with Crippen molar-refractivity contribution in [3.05, 3.63) is 89.1 Å². The van der Waals surface area contributed by atoms with Gasteiger partial charge in [0.05, 0.1) is 0 Å². The van der Waals surface area contributed by atoms with Gasteiger partial charge in [0.1, 0.15) is 11.9 Å². The molecule has 1 saturated heterocycles. The molecule has 192 valence electrons. The van der Waals surface area contributed by atoms with E-state index in [-0.39, 0.29) is 24.2 Å². The quantitative estimate of drug-likeness (QED) is 0.390. The number of aliphatic carboxylic acids is 1. The lowest BCUT2D eigenvalue weighted by Crippen LogP contribution is -2.42. The van der Waals surface area contributed by atoms with Crippen molar-refractivity contribution in [2.45, 2.75) is 39.2 Å². The van der Waals surface area contributed by atoms with Crippen LogP contribution in [0.5, 0.6) is 0 Å². The lowest BCUT2D eigenvalue weighted by atomic mass is 9.98. The number of nitrogens with one attached hydrogen (secondary N) is 2. The number of nitrogens with zero attached hydrogens (tertiary/aromatic N) is 2. The number of pyridine rings is 1. The Morgan fingerprint density at radius 1 is 1.11 bits per heavy atom. The molecule has 0 bridgehead atoms. The zero-order chi connectivity index (χ0) is 26.4. The van der Waals surface area contributed by atoms with E-state index in [0.717, 1.165) is 28.2 Å². The van der Waals surface area contributed by atoms with Crippen molar-refractivity contribution in [1.82, 2.24) is 10.3 Å². The van der Waals surface area contributed by atoms with Gasteiger partial charge in [-0.2, -0.15) is 0 Å². The summed E-state index contributed by atoms with van der Waals surface area (Å²) < 4.78 is 0. The van der Waals surface area contributed by atoms with Crippen LogP contribution in [0.15, 0.2) is 66.9 Å². The molecule has 1 aliphatic rings. The first-order valence-corrected chi connectivity index (χ1v) is 12.5. The summed E-state index contributed by atoms with van der Waals surface area (Å²) in [6.45, 7) is 5.06. The van der Waals surface area contributed by atoms with Crippen LogP contribution in [-0.2, 0) is 22.4 Å². The summed E-state index contributed by atoms with van der Waals surface area (Å²) in [7, 11) is 0. The highest BCUT2D eigenvalue weighted by Gasteiger charge is 2.30. The zero-order valence-electron chi connectivity index (χ0n) is 21.1. The topological polar surface area (TPSA) is 112 Å². The Bertz CT molecular complexity index is 1260. The summed E-state index contributed by atoms with van der Waals surface area (Å²) in [5.41, 5.74) is 3.77. The second-order valence-corrected chi connectivity index (χ2v) is 9.37. The van der Waals surface area contributed by atoms with Crippen molar-refractivity contribution < 1.29 is 19.5 Å². The summed E-state index contributed by atoms with van der Waals surface area (Å²) in [6, 6.07) is 17.5. The van der Waals surface area contributed by atoms with Gasteiger partial charge < -0.3 is 20.6 Å². The molecule has 0 radical (unpaired) electrons. The van der Waals surface area contributed by atoms with Crippen LogP contribution in [0.25, 0.3) is 0 Å². The normalized spacial score (nSPS) is 15.9. The molecule has 1 fully saturated rings. The van der Waals surface area contributed by atoms with Crippen molar-refractivity contribution >= 4 is 29.3 Å². The summed E-state index contributed by atoms with van der Waals surface area (Å²) >= 11 is 0. The van der Waals surface area contributed by atoms with Crippen LogP contribution < -0.4 is 15.5 Å². The predicted octanol–water partition coefficient (Wildman–Crippen LogP) is 3.84. The van der Waals surface area contributed by atoms with Crippen LogP contribution in [0.3, 0.4) is 0 Å². The molecule has 0 spiro atoms. The zero-order valence-corrected chi connectivity index (χ0v) is 21.1. The van der Waals surface area contributed by atoms with Gasteiger partial charge in [0.2, 0.25) is 5.91 Å². The second-order valence-electron chi connectivity index (χ2n) is 9.37. The molecule has 2 heterocycles. The molecular formula is C29H32N4O4. The number of amides is 2. The number of carboxylic acid groups (broad SMARTS) is 1. The van der Waals surface area contributed by atoms with E-state index in [1.807, 2.05) is 74.5 Å². The number of benzene rings is 2. The molecular weight excluding hydrogens is 468 g/mol. The molecule has 0 saturated carbocycles. The lowest BCUT2D eigenvalue weighted by Gasteiger charge is -2.19. The van der Waals surface area contributed by atoms with Crippen molar-refractivity contribution in [2.24, 2.45) is 5.92 Å². The average molecular weight is 501 g/mol. The van der Waals surface area contributed by atoms with Gasteiger partial charge in [-0.05, 0) is 54.3 Å². The maximum absolute atomic E-state index is 13.0. The summed E-state index contributed by atoms with van der Waals surface area (Å²) in [4.78, 5) is 43.6. The number of hydrogen-bond donors (Lipinski definition) is 3. The fraction of sp³-hybridized carbons (Fsp3) is 0.310. The van der Waals surface area contributed by atoms with Gasteiger partial charge in [-0.15, -0.1) is 0 Å². The van der Waals surface area contributed by atoms with E-state index in [1.54, 1.807) is 11.1 Å². The van der Waals surface area contributed by atoms with Crippen molar-refractivity contribution in [3.63, 3.8) is 0 Å². The van der Waals surface area contributed by atoms with Crippen LogP contribution in [0, 0.1) is 12.8 Å². The minimum absolute atomic E-state index is 0.0567. The van der Waals surface area contributed by atoms with Crippen molar-refractivity contribution in [2.75, 3.05) is 23.3 Å². The van der Waals surface area contributed by atoms with Gasteiger partial charge >= 0.3 is 5.97 Å². The maximum atomic E-state index is 13.0. The highest BCUT2D eigenvalue weighted by molar-refractivity contribution is 5.99. The molecule has 1 aliphatic heterocycles. The summed E-state index contributed by atoms with van der Waals surface area (Å²) in [5, 5.41) is 15.7. The monoisotopic (exact) mass is 500 g/mol. The standard InChI is InChI=1S/C29H32N4O4/c1-3-22-8-6-7-19(2)27(22)28(35)32-24(29(36)37)15-20-10-12-23(13-11-20)33-18-21(16-26(33)34)17-31-25-9-4-5-14-30-25/h4-14,21,24H,3,15-18H2,1-2H3,(H,30,31)(H,32,35)(H,36,37). The fourth-order valence-electron chi connectivity index (χ4n) is 4.71. The van der Waals surface area contributed by atoms with E-state index < -0.39 is 12.0 Å². The van der Waals surface area contributed by atoms with Crippen molar-refractivity contribution in [1.29, 1.82) is 0 Å². The van der Waals surface area contributed by atoms with Gasteiger partial charge in [0.25, 0.3) is 5.91 Å². The number of carbonyl (C=O) groups excluding carboxylic acids is 2. The fourth-order valence-corrected chi connectivity index (χ4v) is 4.71. The second kappa shape index (κ2) is 11.7. The highest BCUT2D eigenvalue weighted by Crippen LogP contribution is 2.26. The van der Waals surface area contributed by atoms with E-state index in [2.05, 4.69) is 15.6 Å². The molecule has 2 unspecified atom stereocenters. The molecule has 37 heavy (non-hydrogen) atoms. The Hall–Kier alpha value is -4.20. The third-order valence-corrected chi connectivity index (χ3v) is 6.70. The van der Waals surface area contributed by atoms with Crippen LogP contribution in [0.4, 0.5) is 11.5 Å². The molecule has 2 aromatic carbocycles. The van der Waals surface area contributed by atoms with Crippen LogP contribution in [0.2, 0.25) is 0 Å². The van der Waals surface area contributed by atoms with Crippen LogP contribution in [0.1, 0.15) is 40.4 Å². The number of aryl methyl sites for hydroxylation is 2. The van der Waals surface area contributed by atoms with E-state index in [0.29, 0.717) is 31.5 Å². The Labute approximate surface area is 216 Å².